The van der Waals surface area contributed by atoms with Gasteiger partial charge in [0.2, 0.25) is 11.8 Å². The van der Waals surface area contributed by atoms with Gasteiger partial charge in [-0.3, -0.25) is 9.59 Å². The summed E-state index contributed by atoms with van der Waals surface area (Å²) in [7, 11) is -3.75. The summed E-state index contributed by atoms with van der Waals surface area (Å²) in [6.45, 7) is 0.557. The van der Waals surface area contributed by atoms with Crippen molar-refractivity contribution in [3.8, 4) is 6.07 Å². The molecule has 4 rings (SSSR count). The maximum atomic E-state index is 13.9. The molecular formula is C23H29ClFN5O5S. The predicted octanol–water partition coefficient (Wildman–Crippen LogP) is 1.03. The summed E-state index contributed by atoms with van der Waals surface area (Å²) < 4.78 is 42.3. The Morgan fingerprint density at radius 3 is 2.58 bits per heavy atom. The monoisotopic (exact) mass is 541 g/mol. The van der Waals surface area contributed by atoms with Gasteiger partial charge in [-0.15, -0.1) is 0 Å². The van der Waals surface area contributed by atoms with E-state index < -0.39 is 46.5 Å². The van der Waals surface area contributed by atoms with Crippen molar-refractivity contribution in [3.05, 3.63) is 34.6 Å². The number of likely N-dealkylation sites (tertiary alicyclic amines) is 1. The number of nitriles is 1. The predicted molar refractivity (Wildman–Crippen MR) is 128 cm³/mol. The van der Waals surface area contributed by atoms with Crippen molar-refractivity contribution in [1.29, 1.82) is 5.26 Å². The first-order valence-electron chi connectivity index (χ1n) is 12.0. The molecule has 10 nitrogen and oxygen atoms in total. The van der Waals surface area contributed by atoms with Gasteiger partial charge in [0.05, 0.1) is 35.6 Å². The maximum Gasteiger partial charge on any atom is 0.282 e. The van der Waals surface area contributed by atoms with Crippen molar-refractivity contribution in [3.63, 3.8) is 0 Å². The molecule has 2 amide bonds. The summed E-state index contributed by atoms with van der Waals surface area (Å²) in [6.07, 6.45) is 2.08. The zero-order valence-corrected chi connectivity index (χ0v) is 21.2. The van der Waals surface area contributed by atoms with Crippen LogP contribution in [-0.4, -0.2) is 84.2 Å². The van der Waals surface area contributed by atoms with Gasteiger partial charge in [0.25, 0.3) is 10.2 Å². The SMILES string of the molecule is N#CC1CN(S(=O)(=O)N2CCC[C@H](C(=O)N3CCC[C@@H]3C(=O)NC(CO)c3ccc(Cl)c(F)c3)C2)C1. The van der Waals surface area contributed by atoms with Crippen LogP contribution in [0, 0.1) is 29.0 Å². The van der Waals surface area contributed by atoms with Gasteiger partial charge in [-0.2, -0.15) is 22.3 Å². The minimum Gasteiger partial charge on any atom is -0.394 e. The Kier molecular flexibility index (Phi) is 8.16. The molecule has 1 aromatic carbocycles. The van der Waals surface area contributed by atoms with Gasteiger partial charge in [-0.05, 0) is 43.4 Å². The van der Waals surface area contributed by atoms with Crippen LogP contribution in [0.4, 0.5) is 4.39 Å². The van der Waals surface area contributed by atoms with Crippen LogP contribution in [0.2, 0.25) is 5.02 Å². The third-order valence-electron chi connectivity index (χ3n) is 7.10. The third kappa shape index (κ3) is 5.35. The van der Waals surface area contributed by atoms with Gasteiger partial charge in [-0.1, -0.05) is 17.7 Å². The van der Waals surface area contributed by atoms with Crippen LogP contribution in [0.5, 0.6) is 0 Å². The fourth-order valence-corrected chi connectivity index (χ4v) is 6.90. The van der Waals surface area contributed by atoms with Gasteiger partial charge in [0, 0.05) is 32.7 Å². The van der Waals surface area contributed by atoms with Gasteiger partial charge in [-0.25, -0.2) is 4.39 Å². The molecule has 3 atom stereocenters. The molecule has 0 spiro atoms. The minimum atomic E-state index is -3.75. The molecular weight excluding hydrogens is 513 g/mol. The number of carbonyl (C=O) groups is 2. The second-order valence-electron chi connectivity index (χ2n) is 9.45. The lowest BCUT2D eigenvalue weighted by atomic mass is 9.97. The first-order valence-corrected chi connectivity index (χ1v) is 13.7. The van der Waals surface area contributed by atoms with Crippen LogP contribution in [0.25, 0.3) is 0 Å². The maximum absolute atomic E-state index is 13.9. The smallest absolute Gasteiger partial charge is 0.282 e. The Balaban J connectivity index is 1.40. The number of amides is 2. The number of rotatable bonds is 7. The zero-order valence-electron chi connectivity index (χ0n) is 19.6. The normalized spacial score (nSPS) is 24.7. The summed E-state index contributed by atoms with van der Waals surface area (Å²) in [5, 5.41) is 21.4. The summed E-state index contributed by atoms with van der Waals surface area (Å²) in [5.74, 6) is -2.28. The number of nitrogens with zero attached hydrogens (tertiary/aromatic N) is 4. The lowest BCUT2D eigenvalue weighted by Crippen LogP contribution is -2.57. The summed E-state index contributed by atoms with van der Waals surface area (Å²) in [6, 6.07) is 4.43. The lowest BCUT2D eigenvalue weighted by Gasteiger charge is -2.41. The Morgan fingerprint density at radius 1 is 1.19 bits per heavy atom. The molecule has 196 valence electrons. The number of carbonyl (C=O) groups excluding carboxylic acids is 2. The second kappa shape index (κ2) is 11.0. The average Bonchev–Trinajstić information content (AvgIpc) is 3.33. The fourth-order valence-electron chi connectivity index (χ4n) is 4.99. The molecule has 0 saturated carbocycles. The molecule has 13 heteroatoms. The molecule has 3 aliphatic rings. The Bertz CT molecular complexity index is 1160. The molecule has 0 aromatic heterocycles. The molecule has 36 heavy (non-hydrogen) atoms. The van der Waals surface area contributed by atoms with Crippen molar-refractivity contribution in [2.24, 2.45) is 11.8 Å². The topological polar surface area (TPSA) is 134 Å². The molecule has 0 bridgehead atoms. The first-order chi connectivity index (χ1) is 17.1. The quantitative estimate of drug-likeness (QED) is 0.529. The van der Waals surface area contributed by atoms with Crippen molar-refractivity contribution >= 4 is 33.6 Å². The molecule has 2 N–H and O–H groups in total. The number of hydrogen-bond donors (Lipinski definition) is 2. The molecule has 3 aliphatic heterocycles. The molecule has 3 heterocycles. The molecule has 3 saturated heterocycles. The zero-order chi connectivity index (χ0) is 26.0. The number of aliphatic hydroxyl groups is 1. The number of halogens is 2. The number of benzene rings is 1. The number of nitrogens with one attached hydrogen (secondary N) is 1. The van der Waals surface area contributed by atoms with E-state index in [0.717, 1.165) is 6.07 Å². The highest BCUT2D eigenvalue weighted by atomic mass is 35.5. The van der Waals surface area contributed by atoms with Crippen LogP contribution < -0.4 is 5.32 Å². The Labute approximate surface area is 214 Å². The summed E-state index contributed by atoms with van der Waals surface area (Å²) in [4.78, 5) is 28.0. The molecule has 3 fully saturated rings. The van der Waals surface area contributed by atoms with Crippen molar-refractivity contribution < 1.29 is 27.5 Å². The van der Waals surface area contributed by atoms with Crippen LogP contribution in [0.1, 0.15) is 37.3 Å². The lowest BCUT2D eigenvalue weighted by molar-refractivity contribution is -0.142. The number of aliphatic hydroxyl groups excluding tert-OH is 1. The minimum absolute atomic E-state index is 0.0308. The van der Waals surface area contributed by atoms with E-state index in [2.05, 4.69) is 11.4 Å². The average molecular weight is 542 g/mol. The van der Waals surface area contributed by atoms with E-state index in [0.29, 0.717) is 44.3 Å². The highest BCUT2D eigenvalue weighted by Crippen LogP contribution is 2.29. The van der Waals surface area contributed by atoms with E-state index in [1.807, 2.05) is 0 Å². The van der Waals surface area contributed by atoms with E-state index in [-0.39, 0.29) is 36.5 Å². The van der Waals surface area contributed by atoms with Crippen molar-refractivity contribution in [2.45, 2.75) is 37.8 Å². The van der Waals surface area contributed by atoms with E-state index >= 15 is 0 Å². The summed E-state index contributed by atoms with van der Waals surface area (Å²) in [5.41, 5.74) is 0.349. The second-order valence-corrected chi connectivity index (χ2v) is 11.8. The third-order valence-corrected chi connectivity index (χ3v) is 9.34. The van der Waals surface area contributed by atoms with Crippen LogP contribution in [0.15, 0.2) is 18.2 Å². The number of hydrogen-bond acceptors (Lipinski definition) is 6. The van der Waals surface area contributed by atoms with Gasteiger partial charge < -0.3 is 15.3 Å². The van der Waals surface area contributed by atoms with E-state index in [1.54, 1.807) is 0 Å². The standard InChI is InChI=1S/C23H29ClFN5O5S/c24-18-6-5-16(9-19(18)25)20(14-31)27-22(32)21-4-2-8-30(21)23(33)17-3-1-7-28(13-17)36(34,35)29-11-15(10-26)12-29/h5-6,9,15,17,20-21,31H,1-4,7-8,11-14H2,(H,27,32)/t17-,20?,21+/m0/s1. The van der Waals surface area contributed by atoms with Gasteiger partial charge in [0.15, 0.2) is 0 Å². The number of piperidine rings is 1. The molecule has 1 aromatic rings. The highest BCUT2D eigenvalue weighted by Gasteiger charge is 2.44. The molecule has 0 radical (unpaired) electrons. The van der Waals surface area contributed by atoms with Crippen LogP contribution in [-0.2, 0) is 19.8 Å². The van der Waals surface area contributed by atoms with Crippen LogP contribution >= 0.6 is 11.6 Å². The van der Waals surface area contributed by atoms with Crippen LogP contribution in [0.3, 0.4) is 0 Å². The molecule has 0 aliphatic carbocycles. The highest BCUT2D eigenvalue weighted by molar-refractivity contribution is 7.86. The van der Waals surface area contributed by atoms with Crippen molar-refractivity contribution in [1.82, 2.24) is 18.8 Å². The summed E-state index contributed by atoms with van der Waals surface area (Å²) >= 11 is 5.72. The fraction of sp³-hybridized carbons (Fsp3) is 0.609. The van der Waals surface area contributed by atoms with E-state index in [1.165, 1.54) is 25.6 Å². The van der Waals surface area contributed by atoms with Gasteiger partial charge >= 0.3 is 0 Å². The largest absolute Gasteiger partial charge is 0.394 e. The van der Waals surface area contributed by atoms with Gasteiger partial charge in [0.1, 0.15) is 11.9 Å². The Hall–Kier alpha value is -2.30. The van der Waals surface area contributed by atoms with E-state index in [9.17, 15) is 27.5 Å². The van der Waals surface area contributed by atoms with E-state index in [4.69, 9.17) is 16.9 Å². The first kappa shape index (κ1) is 26.8. The Morgan fingerprint density at radius 2 is 1.92 bits per heavy atom. The molecule has 1 unspecified atom stereocenters. The van der Waals surface area contributed by atoms with Crippen molar-refractivity contribution in [2.75, 3.05) is 39.3 Å².